The standard InChI is InChI=1S/C25H23Cl2N5/c1-16-23(18-5-2-6-19(26)22(18)27)32-21(7-11-29-32)24(30-16)31-12-8-25(9-13-31)14-17-4-3-10-28-20(17)15-25/h2-7,10-11H,8-9,12-15H2,1H3. The quantitative estimate of drug-likeness (QED) is 0.377. The molecule has 1 spiro atoms. The molecule has 0 saturated carbocycles. The van der Waals surface area contributed by atoms with Crippen molar-refractivity contribution in [2.75, 3.05) is 18.0 Å². The van der Waals surface area contributed by atoms with Gasteiger partial charge in [-0.1, -0.05) is 41.4 Å². The molecule has 3 aromatic heterocycles. The molecule has 2 aliphatic rings. The molecule has 1 saturated heterocycles. The SMILES string of the molecule is Cc1nc(N2CCC3(CC2)Cc2cccnc2C3)c2ccnn2c1-c1cccc(Cl)c1Cl. The van der Waals surface area contributed by atoms with E-state index in [4.69, 9.17) is 28.2 Å². The highest BCUT2D eigenvalue weighted by atomic mass is 35.5. The Kier molecular flexibility index (Phi) is 4.67. The van der Waals surface area contributed by atoms with Crippen molar-refractivity contribution in [1.82, 2.24) is 19.6 Å². The summed E-state index contributed by atoms with van der Waals surface area (Å²) in [6, 6.07) is 12.0. The van der Waals surface area contributed by atoms with Crippen LogP contribution in [0.25, 0.3) is 16.8 Å². The maximum absolute atomic E-state index is 6.55. The summed E-state index contributed by atoms with van der Waals surface area (Å²) in [5.41, 5.74) is 6.66. The maximum Gasteiger partial charge on any atom is 0.155 e. The summed E-state index contributed by atoms with van der Waals surface area (Å²) in [6.07, 6.45) is 8.28. The van der Waals surface area contributed by atoms with Crippen LogP contribution in [-0.4, -0.2) is 32.7 Å². The molecule has 5 nitrogen and oxygen atoms in total. The molecule has 0 N–H and O–H groups in total. The van der Waals surface area contributed by atoms with Gasteiger partial charge in [0.1, 0.15) is 5.52 Å². The molecule has 0 bridgehead atoms. The third-order valence-electron chi connectivity index (χ3n) is 7.12. The number of piperidine rings is 1. The van der Waals surface area contributed by atoms with Gasteiger partial charge in [-0.15, -0.1) is 0 Å². The Morgan fingerprint density at radius 2 is 1.81 bits per heavy atom. The van der Waals surface area contributed by atoms with Gasteiger partial charge in [0.15, 0.2) is 5.82 Å². The maximum atomic E-state index is 6.55. The lowest BCUT2D eigenvalue weighted by Crippen LogP contribution is -2.41. The van der Waals surface area contributed by atoms with Crippen LogP contribution in [0.1, 0.15) is 29.8 Å². The molecular weight excluding hydrogens is 441 g/mol. The van der Waals surface area contributed by atoms with Gasteiger partial charge in [-0.2, -0.15) is 5.10 Å². The molecule has 0 amide bonds. The van der Waals surface area contributed by atoms with Crippen molar-refractivity contribution in [3.8, 4) is 11.3 Å². The molecule has 7 heteroatoms. The van der Waals surface area contributed by atoms with E-state index in [0.717, 1.165) is 67.1 Å². The molecule has 162 valence electrons. The highest BCUT2D eigenvalue weighted by molar-refractivity contribution is 6.43. The fraction of sp³-hybridized carbons (Fsp3) is 0.320. The van der Waals surface area contributed by atoms with E-state index in [1.807, 2.05) is 42.0 Å². The highest BCUT2D eigenvalue weighted by Gasteiger charge is 2.41. The number of hydrogen-bond acceptors (Lipinski definition) is 4. The molecular formula is C25H23Cl2N5. The number of aromatic nitrogens is 4. The number of hydrogen-bond donors (Lipinski definition) is 0. The Bertz CT molecular complexity index is 1310. The fourth-order valence-corrected chi connectivity index (χ4v) is 5.85. The van der Waals surface area contributed by atoms with E-state index >= 15 is 0 Å². The monoisotopic (exact) mass is 463 g/mol. The van der Waals surface area contributed by atoms with E-state index in [0.29, 0.717) is 15.5 Å². The van der Waals surface area contributed by atoms with Gasteiger partial charge in [0, 0.05) is 30.5 Å². The number of anilines is 1. The number of aryl methyl sites for hydroxylation is 1. The number of halogens is 2. The third-order valence-corrected chi connectivity index (χ3v) is 7.94. The van der Waals surface area contributed by atoms with Crippen molar-refractivity contribution >= 4 is 34.5 Å². The van der Waals surface area contributed by atoms with E-state index in [1.54, 1.807) is 6.07 Å². The van der Waals surface area contributed by atoms with Gasteiger partial charge < -0.3 is 4.90 Å². The van der Waals surface area contributed by atoms with Gasteiger partial charge >= 0.3 is 0 Å². The lowest BCUT2D eigenvalue weighted by molar-refractivity contribution is 0.231. The lowest BCUT2D eigenvalue weighted by atomic mass is 9.76. The van der Waals surface area contributed by atoms with Crippen molar-refractivity contribution < 1.29 is 0 Å². The van der Waals surface area contributed by atoms with E-state index in [2.05, 4.69) is 27.1 Å². The van der Waals surface area contributed by atoms with E-state index in [1.165, 1.54) is 11.3 Å². The molecule has 4 aromatic rings. The molecule has 0 atom stereocenters. The average molecular weight is 464 g/mol. The smallest absolute Gasteiger partial charge is 0.155 e. The number of nitrogens with zero attached hydrogens (tertiary/aromatic N) is 5. The van der Waals surface area contributed by atoms with E-state index in [9.17, 15) is 0 Å². The second-order valence-electron chi connectivity index (χ2n) is 9.05. The van der Waals surface area contributed by atoms with Crippen LogP contribution in [0.2, 0.25) is 10.0 Å². The van der Waals surface area contributed by atoms with Crippen molar-refractivity contribution in [1.29, 1.82) is 0 Å². The van der Waals surface area contributed by atoms with E-state index in [-0.39, 0.29) is 0 Å². The first-order chi connectivity index (χ1) is 15.5. The summed E-state index contributed by atoms with van der Waals surface area (Å²) in [7, 11) is 0. The first-order valence-electron chi connectivity index (χ1n) is 11.0. The van der Waals surface area contributed by atoms with Crippen molar-refractivity contribution in [3.05, 3.63) is 75.8 Å². The van der Waals surface area contributed by atoms with Crippen molar-refractivity contribution in [2.45, 2.75) is 32.6 Å². The lowest BCUT2D eigenvalue weighted by Gasteiger charge is -2.40. The minimum atomic E-state index is 0.340. The third kappa shape index (κ3) is 3.10. The summed E-state index contributed by atoms with van der Waals surface area (Å²) in [5.74, 6) is 0.991. The molecule has 0 radical (unpaired) electrons. The van der Waals surface area contributed by atoms with Crippen LogP contribution < -0.4 is 4.90 Å². The molecule has 1 aromatic carbocycles. The molecule has 4 heterocycles. The van der Waals surface area contributed by atoms with Gasteiger partial charge in [0.05, 0.1) is 27.6 Å². The van der Waals surface area contributed by atoms with Crippen LogP contribution >= 0.6 is 23.2 Å². The molecule has 0 unspecified atom stereocenters. The van der Waals surface area contributed by atoms with E-state index < -0.39 is 0 Å². The van der Waals surface area contributed by atoms with Crippen LogP contribution in [0.3, 0.4) is 0 Å². The number of pyridine rings is 1. The number of rotatable bonds is 2. The van der Waals surface area contributed by atoms with Gasteiger partial charge in [0.2, 0.25) is 0 Å². The normalized spacial score (nSPS) is 17.3. The molecule has 1 fully saturated rings. The highest BCUT2D eigenvalue weighted by Crippen LogP contribution is 2.45. The predicted molar refractivity (Wildman–Crippen MR) is 129 cm³/mol. The summed E-state index contributed by atoms with van der Waals surface area (Å²) in [6.45, 7) is 3.99. The van der Waals surface area contributed by atoms with Gasteiger partial charge in [-0.3, -0.25) is 4.98 Å². The molecule has 1 aliphatic carbocycles. The topological polar surface area (TPSA) is 46.3 Å². The van der Waals surface area contributed by atoms with Crippen molar-refractivity contribution in [2.24, 2.45) is 5.41 Å². The summed E-state index contributed by atoms with van der Waals surface area (Å²) >= 11 is 12.8. The largest absolute Gasteiger partial charge is 0.355 e. The van der Waals surface area contributed by atoms with Crippen LogP contribution in [0.15, 0.2) is 48.8 Å². The van der Waals surface area contributed by atoms with Gasteiger partial charge in [-0.05, 0) is 61.8 Å². The first kappa shape index (κ1) is 20.0. The average Bonchev–Trinajstić information content (AvgIpc) is 3.41. The summed E-state index contributed by atoms with van der Waals surface area (Å²) in [4.78, 5) is 12.1. The molecule has 32 heavy (non-hydrogen) atoms. The molecule has 6 rings (SSSR count). The minimum absolute atomic E-state index is 0.340. The van der Waals surface area contributed by atoms with Crippen molar-refractivity contribution in [3.63, 3.8) is 0 Å². The summed E-state index contributed by atoms with van der Waals surface area (Å²) < 4.78 is 1.95. The molecule has 1 aliphatic heterocycles. The minimum Gasteiger partial charge on any atom is -0.355 e. The number of fused-ring (bicyclic) bond motifs is 2. The predicted octanol–water partition coefficient (Wildman–Crippen LogP) is 5.79. The fourth-order valence-electron chi connectivity index (χ4n) is 5.46. The number of benzene rings is 1. The van der Waals surface area contributed by atoms with Crippen LogP contribution in [0, 0.1) is 12.3 Å². The zero-order valence-corrected chi connectivity index (χ0v) is 19.4. The zero-order valence-electron chi connectivity index (χ0n) is 17.9. The van der Waals surface area contributed by atoms with Crippen LogP contribution in [0.5, 0.6) is 0 Å². The van der Waals surface area contributed by atoms with Gasteiger partial charge in [-0.25, -0.2) is 9.50 Å². The first-order valence-corrected chi connectivity index (χ1v) is 11.8. The second-order valence-corrected chi connectivity index (χ2v) is 9.83. The Morgan fingerprint density at radius 1 is 0.969 bits per heavy atom. The Morgan fingerprint density at radius 3 is 2.62 bits per heavy atom. The van der Waals surface area contributed by atoms with Crippen LogP contribution in [-0.2, 0) is 12.8 Å². The summed E-state index contributed by atoms with van der Waals surface area (Å²) in [5, 5.41) is 5.68. The zero-order chi connectivity index (χ0) is 21.9. The van der Waals surface area contributed by atoms with Crippen LogP contribution in [0.4, 0.5) is 5.82 Å². The second kappa shape index (κ2) is 7.46. The Labute approximate surface area is 197 Å². The Balaban J connectivity index is 1.34. The Hall–Kier alpha value is -2.63. The van der Waals surface area contributed by atoms with Gasteiger partial charge in [0.25, 0.3) is 0 Å².